The molecule has 0 aromatic heterocycles. The first kappa shape index (κ1) is 12.7. The molecule has 17 heavy (non-hydrogen) atoms. The van der Waals surface area contributed by atoms with Crippen molar-refractivity contribution in [2.24, 2.45) is 0 Å². The highest BCUT2D eigenvalue weighted by molar-refractivity contribution is 6.30. The van der Waals surface area contributed by atoms with Gasteiger partial charge in [-0.05, 0) is 57.6 Å². The van der Waals surface area contributed by atoms with Gasteiger partial charge in [0.05, 0.1) is 0 Å². The third kappa shape index (κ3) is 3.86. The minimum atomic E-state index is -0.286. The lowest BCUT2D eigenvalue weighted by molar-refractivity contribution is 0.348. The Morgan fingerprint density at radius 2 is 2.12 bits per heavy atom. The van der Waals surface area contributed by atoms with E-state index in [9.17, 15) is 4.39 Å². The van der Waals surface area contributed by atoms with Crippen LogP contribution in [-0.4, -0.2) is 31.1 Å². The fourth-order valence-electron chi connectivity index (χ4n) is 2.26. The molecule has 1 aliphatic heterocycles. The number of halogens is 2. The normalized spacial score (nSPS) is 22.2. The summed E-state index contributed by atoms with van der Waals surface area (Å²) in [5.41, 5.74) is 0.782. The number of nitrogens with one attached hydrogen (secondary N) is 1. The van der Waals surface area contributed by atoms with Crippen LogP contribution in [0, 0.1) is 5.82 Å². The molecule has 4 heteroatoms. The first-order valence-corrected chi connectivity index (χ1v) is 6.42. The molecule has 1 fully saturated rings. The Balaban J connectivity index is 1.99. The summed E-state index contributed by atoms with van der Waals surface area (Å²) >= 11 is 5.83. The Hall–Kier alpha value is -0.800. The molecule has 0 spiro atoms. The van der Waals surface area contributed by atoms with Crippen LogP contribution in [0.4, 0.5) is 10.1 Å². The van der Waals surface area contributed by atoms with Gasteiger partial charge in [-0.15, -0.1) is 0 Å². The number of likely N-dealkylation sites (tertiary alicyclic amines) is 1. The molecular weight excluding hydrogens is 239 g/mol. The van der Waals surface area contributed by atoms with Crippen LogP contribution in [0.1, 0.15) is 19.3 Å². The lowest BCUT2D eigenvalue weighted by Crippen LogP contribution is -2.23. The number of hydrogen-bond donors (Lipinski definition) is 1. The Kier molecular flexibility index (Phi) is 4.24. The molecule has 0 bridgehead atoms. The van der Waals surface area contributed by atoms with Crippen molar-refractivity contribution in [2.75, 3.05) is 25.5 Å². The van der Waals surface area contributed by atoms with Crippen LogP contribution in [0.5, 0.6) is 0 Å². The predicted molar refractivity (Wildman–Crippen MR) is 70.2 cm³/mol. The second kappa shape index (κ2) is 5.69. The fraction of sp³-hybridized carbons (Fsp3) is 0.538. The molecule has 1 unspecified atom stereocenters. The maximum absolute atomic E-state index is 13.2. The predicted octanol–water partition coefficient (Wildman–Crippen LogP) is 3.38. The van der Waals surface area contributed by atoms with E-state index in [-0.39, 0.29) is 5.82 Å². The van der Waals surface area contributed by atoms with Gasteiger partial charge in [0.15, 0.2) is 0 Å². The molecule has 1 aromatic rings. The maximum atomic E-state index is 13.2. The van der Waals surface area contributed by atoms with Gasteiger partial charge in [-0.3, -0.25) is 0 Å². The van der Waals surface area contributed by atoms with Gasteiger partial charge in [0.2, 0.25) is 0 Å². The molecule has 1 heterocycles. The molecule has 1 aliphatic rings. The zero-order chi connectivity index (χ0) is 12.3. The first-order valence-electron chi connectivity index (χ1n) is 6.04. The SMILES string of the molecule is CN1CCCC(Nc2cc(F)cc(Cl)c2)CC1. The van der Waals surface area contributed by atoms with Crippen molar-refractivity contribution >= 4 is 17.3 Å². The van der Waals surface area contributed by atoms with E-state index in [4.69, 9.17) is 11.6 Å². The average Bonchev–Trinajstić information content (AvgIpc) is 2.42. The van der Waals surface area contributed by atoms with E-state index in [1.807, 2.05) is 0 Å². The van der Waals surface area contributed by atoms with Crippen LogP contribution in [0.25, 0.3) is 0 Å². The quantitative estimate of drug-likeness (QED) is 0.873. The average molecular weight is 257 g/mol. The van der Waals surface area contributed by atoms with Gasteiger partial charge < -0.3 is 10.2 Å². The van der Waals surface area contributed by atoms with E-state index in [0.29, 0.717) is 11.1 Å². The number of nitrogens with zero attached hydrogens (tertiary/aromatic N) is 1. The Labute approximate surface area is 107 Å². The van der Waals surface area contributed by atoms with Crippen molar-refractivity contribution in [3.05, 3.63) is 29.0 Å². The second-order valence-electron chi connectivity index (χ2n) is 4.73. The van der Waals surface area contributed by atoms with E-state index < -0.39 is 0 Å². The van der Waals surface area contributed by atoms with Crippen LogP contribution in [0.2, 0.25) is 5.02 Å². The molecule has 1 aromatic carbocycles. The summed E-state index contributed by atoms with van der Waals surface area (Å²) in [6.07, 6.45) is 3.39. The van der Waals surface area contributed by atoms with Gasteiger partial charge in [-0.2, -0.15) is 0 Å². The van der Waals surface area contributed by atoms with Crippen LogP contribution >= 0.6 is 11.6 Å². The summed E-state index contributed by atoms with van der Waals surface area (Å²) < 4.78 is 13.2. The van der Waals surface area contributed by atoms with E-state index in [1.165, 1.54) is 18.6 Å². The third-order valence-electron chi connectivity index (χ3n) is 3.19. The summed E-state index contributed by atoms with van der Waals surface area (Å²) in [6, 6.07) is 5.02. The zero-order valence-electron chi connectivity index (χ0n) is 10.0. The minimum Gasteiger partial charge on any atom is -0.382 e. The summed E-state index contributed by atoms with van der Waals surface area (Å²) in [5, 5.41) is 3.81. The van der Waals surface area contributed by atoms with Gasteiger partial charge in [-0.25, -0.2) is 4.39 Å². The highest BCUT2D eigenvalue weighted by Crippen LogP contribution is 2.21. The summed E-state index contributed by atoms with van der Waals surface area (Å²) in [6.45, 7) is 2.23. The van der Waals surface area contributed by atoms with Crippen molar-refractivity contribution in [1.29, 1.82) is 0 Å². The van der Waals surface area contributed by atoms with E-state index in [2.05, 4.69) is 17.3 Å². The molecule has 1 saturated heterocycles. The second-order valence-corrected chi connectivity index (χ2v) is 5.17. The lowest BCUT2D eigenvalue weighted by atomic mass is 10.1. The van der Waals surface area contributed by atoms with Gasteiger partial charge in [-0.1, -0.05) is 11.6 Å². The summed E-state index contributed by atoms with van der Waals surface area (Å²) in [4.78, 5) is 2.33. The van der Waals surface area contributed by atoms with Gasteiger partial charge >= 0.3 is 0 Å². The summed E-state index contributed by atoms with van der Waals surface area (Å²) in [7, 11) is 2.14. The highest BCUT2D eigenvalue weighted by atomic mass is 35.5. The van der Waals surface area contributed by atoms with Crippen LogP contribution < -0.4 is 5.32 Å². The van der Waals surface area contributed by atoms with Crippen LogP contribution in [-0.2, 0) is 0 Å². The highest BCUT2D eigenvalue weighted by Gasteiger charge is 2.14. The van der Waals surface area contributed by atoms with E-state index >= 15 is 0 Å². The van der Waals surface area contributed by atoms with Gasteiger partial charge in [0.1, 0.15) is 5.82 Å². The van der Waals surface area contributed by atoms with Crippen LogP contribution in [0.15, 0.2) is 18.2 Å². The molecule has 1 atom stereocenters. The number of anilines is 1. The summed E-state index contributed by atoms with van der Waals surface area (Å²) in [5.74, 6) is -0.286. The molecule has 0 radical (unpaired) electrons. The Morgan fingerprint density at radius 1 is 1.29 bits per heavy atom. The number of rotatable bonds is 2. The minimum absolute atomic E-state index is 0.286. The maximum Gasteiger partial charge on any atom is 0.126 e. The molecule has 2 nitrogen and oxygen atoms in total. The van der Waals surface area contributed by atoms with Crippen molar-refractivity contribution in [2.45, 2.75) is 25.3 Å². The van der Waals surface area contributed by atoms with Gasteiger partial charge in [0, 0.05) is 16.8 Å². The topological polar surface area (TPSA) is 15.3 Å². The molecule has 0 amide bonds. The van der Waals surface area contributed by atoms with E-state index in [1.54, 1.807) is 6.07 Å². The van der Waals surface area contributed by atoms with Gasteiger partial charge in [0.25, 0.3) is 0 Å². The molecule has 0 aliphatic carbocycles. The number of hydrogen-bond acceptors (Lipinski definition) is 2. The lowest BCUT2D eigenvalue weighted by Gasteiger charge is -2.18. The smallest absolute Gasteiger partial charge is 0.126 e. The largest absolute Gasteiger partial charge is 0.382 e. The monoisotopic (exact) mass is 256 g/mol. The van der Waals surface area contributed by atoms with Crippen LogP contribution in [0.3, 0.4) is 0 Å². The first-order chi connectivity index (χ1) is 8.13. The van der Waals surface area contributed by atoms with Crippen molar-refractivity contribution in [3.8, 4) is 0 Å². The van der Waals surface area contributed by atoms with E-state index in [0.717, 1.165) is 31.6 Å². The van der Waals surface area contributed by atoms with Crippen molar-refractivity contribution in [1.82, 2.24) is 4.90 Å². The molecular formula is C13H18ClFN2. The molecule has 94 valence electrons. The van der Waals surface area contributed by atoms with Crippen molar-refractivity contribution in [3.63, 3.8) is 0 Å². The fourth-order valence-corrected chi connectivity index (χ4v) is 2.48. The molecule has 1 N–H and O–H groups in total. The number of benzene rings is 1. The van der Waals surface area contributed by atoms with Crippen molar-refractivity contribution < 1.29 is 4.39 Å². The molecule has 2 rings (SSSR count). The Bertz CT molecular complexity index is 363. The standard InChI is InChI=1S/C13H18ClFN2/c1-17-5-2-3-12(4-6-17)16-13-8-10(14)7-11(15)9-13/h7-9,12,16H,2-6H2,1H3. The Morgan fingerprint density at radius 3 is 2.88 bits per heavy atom. The third-order valence-corrected chi connectivity index (χ3v) is 3.40. The molecule has 0 saturated carbocycles. The zero-order valence-corrected chi connectivity index (χ0v) is 10.8.